The Bertz CT molecular complexity index is 891. The van der Waals surface area contributed by atoms with Crippen LogP contribution in [0.1, 0.15) is 5.56 Å². The largest absolute Gasteiger partial charge is 0.496 e. The van der Waals surface area contributed by atoms with Crippen molar-refractivity contribution >= 4 is 22.9 Å². The number of anilines is 1. The fraction of sp³-hybridized carbons (Fsp3) is 0.263. The molecule has 0 atom stereocenters. The number of nitrogens with zero attached hydrogens (tertiary/aromatic N) is 2. The van der Waals surface area contributed by atoms with Crippen LogP contribution in [-0.4, -0.2) is 40.8 Å². The summed E-state index contributed by atoms with van der Waals surface area (Å²) >= 11 is 0. The van der Waals surface area contributed by atoms with Crippen molar-refractivity contribution in [2.75, 3.05) is 25.6 Å². The maximum absolute atomic E-state index is 12.5. The molecule has 3 rings (SSSR count). The maximum atomic E-state index is 12.5. The van der Waals surface area contributed by atoms with E-state index < -0.39 is 0 Å². The smallest absolute Gasteiger partial charge is 0.240 e. The average molecular weight is 354 g/mol. The highest BCUT2D eigenvalue weighted by atomic mass is 16.5. The second-order valence-electron chi connectivity index (χ2n) is 5.75. The number of fused-ring (bicyclic) bond motifs is 1. The predicted molar refractivity (Wildman–Crippen MR) is 100 cm³/mol. The zero-order valence-electron chi connectivity index (χ0n) is 14.6. The number of carbonyl (C=O) groups excluding carboxylic acids is 1. The van der Waals surface area contributed by atoms with E-state index in [0.717, 1.165) is 22.3 Å². The normalized spacial score (nSPS) is 10.7. The minimum absolute atomic E-state index is 0.0107. The lowest BCUT2D eigenvalue weighted by atomic mass is 10.2. The van der Waals surface area contributed by atoms with Gasteiger partial charge in [-0.05, 0) is 18.2 Å². The molecule has 136 valence electrons. The standard InChI is InChI=1S/C19H22N4O3/c1-26-17-9-5-2-6-14(17)12-21-18(25)13-23-16-8-4-3-7-15(16)22-19(23)20-10-11-24/h2-9,24H,10-13H2,1H3,(H,20,22)(H,21,25). The van der Waals surface area contributed by atoms with Gasteiger partial charge in [0.1, 0.15) is 12.3 Å². The molecule has 0 saturated carbocycles. The van der Waals surface area contributed by atoms with Crippen LogP contribution in [0.5, 0.6) is 5.75 Å². The van der Waals surface area contributed by atoms with Crippen molar-refractivity contribution in [2.45, 2.75) is 13.1 Å². The molecule has 1 aromatic heterocycles. The van der Waals surface area contributed by atoms with Crippen molar-refractivity contribution in [3.8, 4) is 5.75 Å². The lowest BCUT2D eigenvalue weighted by Gasteiger charge is -2.12. The molecule has 3 N–H and O–H groups in total. The highest BCUT2D eigenvalue weighted by molar-refractivity contribution is 5.83. The SMILES string of the molecule is COc1ccccc1CNC(=O)Cn1c(NCCO)nc2ccccc21. The summed E-state index contributed by atoms with van der Waals surface area (Å²) in [4.78, 5) is 17.0. The van der Waals surface area contributed by atoms with Crippen molar-refractivity contribution in [3.05, 3.63) is 54.1 Å². The molecule has 1 amide bonds. The zero-order chi connectivity index (χ0) is 18.4. The van der Waals surface area contributed by atoms with Gasteiger partial charge in [0.15, 0.2) is 0 Å². The highest BCUT2D eigenvalue weighted by Crippen LogP contribution is 2.20. The van der Waals surface area contributed by atoms with E-state index in [1.54, 1.807) is 7.11 Å². The highest BCUT2D eigenvalue weighted by Gasteiger charge is 2.13. The van der Waals surface area contributed by atoms with Crippen LogP contribution in [0.25, 0.3) is 11.0 Å². The molecular weight excluding hydrogens is 332 g/mol. The van der Waals surface area contributed by atoms with Crippen LogP contribution in [0.4, 0.5) is 5.95 Å². The van der Waals surface area contributed by atoms with Gasteiger partial charge in [-0.15, -0.1) is 0 Å². The number of hydrogen-bond donors (Lipinski definition) is 3. The molecule has 7 nitrogen and oxygen atoms in total. The summed E-state index contributed by atoms with van der Waals surface area (Å²) in [5.74, 6) is 1.17. The Morgan fingerprint density at radius 1 is 1.19 bits per heavy atom. The molecule has 7 heteroatoms. The second kappa shape index (κ2) is 8.35. The topological polar surface area (TPSA) is 88.4 Å². The van der Waals surface area contributed by atoms with E-state index in [-0.39, 0.29) is 19.1 Å². The van der Waals surface area contributed by atoms with Crippen molar-refractivity contribution in [1.29, 1.82) is 0 Å². The number of benzene rings is 2. The van der Waals surface area contributed by atoms with Gasteiger partial charge >= 0.3 is 0 Å². The molecule has 3 aromatic rings. The lowest BCUT2D eigenvalue weighted by molar-refractivity contribution is -0.121. The molecule has 0 unspecified atom stereocenters. The van der Waals surface area contributed by atoms with Crippen LogP contribution in [0.3, 0.4) is 0 Å². The third-order valence-electron chi connectivity index (χ3n) is 4.02. The monoisotopic (exact) mass is 354 g/mol. The number of aromatic nitrogens is 2. The third-order valence-corrected chi connectivity index (χ3v) is 4.02. The zero-order valence-corrected chi connectivity index (χ0v) is 14.6. The Balaban J connectivity index is 1.74. The Morgan fingerprint density at radius 2 is 1.96 bits per heavy atom. The van der Waals surface area contributed by atoms with Gasteiger partial charge in [0.05, 0.1) is 24.8 Å². The number of aliphatic hydroxyl groups is 1. The Hall–Kier alpha value is -3.06. The molecule has 1 heterocycles. The lowest BCUT2D eigenvalue weighted by Crippen LogP contribution is -2.28. The van der Waals surface area contributed by atoms with Gasteiger partial charge in [0.25, 0.3) is 0 Å². The summed E-state index contributed by atoms with van der Waals surface area (Å²) in [5.41, 5.74) is 2.57. The van der Waals surface area contributed by atoms with Gasteiger partial charge in [0.2, 0.25) is 11.9 Å². The van der Waals surface area contributed by atoms with E-state index in [4.69, 9.17) is 9.84 Å². The molecule has 0 aliphatic rings. The summed E-state index contributed by atoms with van der Waals surface area (Å²) in [5, 5.41) is 15.0. The Labute approximate surface area is 151 Å². The minimum atomic E-state index is -0.133. The third kappa shape index (κ3) is 3.94. The van der Waals surface area contributed by atoms with Crippen LogP contribution < -0.4 is 15.4 Å². The van der Waals surface area contributed by atoms with Gasteiger partial charge in [-0.3, -0.25) is 4.79 Å². The van der Waals surface area contributed by atoms with Gasteiger partial charge in [-0.1, -0.05) is 30.3 Å². The van der Waals surface area contributed by atoms with Gasteiger partial charge < -0.3 is 25.0 Å². The molecule has 26 heavy (non-hydrogen) atoms. The molecule has 0 spiro atoms. The molecular formula is C19H22N4O3. The van der Waals surface area contributed by atoms with Gasteiger partial charge in [0, 0.05) is 18.7 Å². The van der Waals surface area contributed by atoms with E-state index >= 15 is 0 Å². The predicted octanol–water partition coefficient (Wildman–Crippen LogP) is 1.77. The van der Waals surface area contributed by atoms with E-state index in [1.165, 1.54) is 0 Å². The summed E-state index contributed by atoms with van der Waals surface area (Å²) in [6.45, 7) is 0.869. The first-order valence-corrected chi connectivity index (χ1v) is 8.41. The summed E-state index contributed by atoms with van der Waals surface area (Å²) in [6.07, 6.45) is 0. The first-order valence-electron chi connectivity index (χ1n) is 8.41. The Kier molecular flexibility index (Phi) is 5.70. The molecule has 0 fully saturated rings. The fourth-order valence-electron chi connectivity index (χ4n) is 2.78. The number of imidazole rings is 1. The molecule has 0 bridgehead atoms. The van der Waals surface area contributed by atoms with Crippen LogP contribution in [-0.2, 0) is 17.9 Å². The quantitative estimate of drug-likeness (QED) is 0.574. The number of hydrogen-bond acceptors (Lipinski definition) is 5. The molecule has 2 aromatic carbocycles. The van der Waals surface area contributed by atoms with E-state index in [9.17, 15) is 4.79 Å². The van der Waals surface area contributed by atoms with E-state index in [0.29, 0.717) is 19.0 Å². The number of rotatable bonds is 8. The van der Waals surface area contributed by atoms with Crippen LogP contribution in [0.15, 0.2) is 48.5 Å². The summed E-state index contributed by atoms with van der Waals surface area (Å²) in [7, 11) is 1.61. The maximum Gasteiger partial charge on any atom is 0.240 e. The molecule has 0 aliphatic heterocycles. The van der Waals surface area contributed by atoms with Crippen LogP contribution in [0.2, 0.25) is 0 Å². The van der Waals surface area contributed by atoms with Crippen molar-refractivity contribution < 1.29 is 14.6 Å². The number of para-hydroxylation sites is 3. The number of carbonyl (C=O) groups is 1. The van der Waals surface area contributed by atoms with Gasteiger partial charge in [-0.2, -0.15) is 0 Å². The summed E-state index contributed by atoms with van der Waals surface area (Å²) < 4.78 is 7.11. The number of nitrogens with one attached hydrogen (secondary N) is 2. The molecule has 0 aliphatic carbocycles. The number of aliphatic hydroxyl groups excluding tert-OH is 1. The average Bonchev–Trinajstić information content (AvgIpc) is 3.02. The summed E-state index contributed by atoms with van der Waals surface area (Å²) in [6, 6.07) is 15.2. The first-order chi connectivity index (χ1) is 12.7. The number of ether oxygens (including phenoxy) is 1. The first kappa shape index (κ1) is 17.8. The number of methoxy groups -OCH3 is 1. The molecule has 0 saturated heterocycles. The fourth-order valence-corrected chi connectivity index (χ4v) is 2.78. The minimum Gasteiger partial charge on any atom is -0.496 e. The van der Waals surface area contributed by atoms with Gasteiger partial charge in [-0.25, -0.2) is 4.98 Å². The number of amides is 1. The van der Waals surface area contributed by atoms with Crippen molar-refractivity contribution in [2.24, 2.45) is 0 Å². The van der Waals surface area contributed by atoms with Crippen LogP contribution >= 0.6 is 0 Å². The van der Waals surface area contributed by atoms with Crippen molar-refractivity contribution in [3.63, 3.8) is 0 Å². The molecule has 0 radical (unpaired) electrons. The van der Waals surface area contributed by atoms with Crippen molar-refractivity contribution in [1.82, 2.24) is 14.9 Å². The van der Waals surface area contributed by atoms with E-state index in [1.807, 2.05) is 53.1 Å². The Morgan fingerprint density at radius 3 is 2.77 bits per heavy atom. The van der Waals surface area contributed by atoms with Crippen LogP contribution in [0, 0.1) is 0 Å². The van der Waals surface area contributed by atoms with E-state index in [2.05, 4.69) is 15.6 Å². The second-order valence-corrected chi connectivity index (χ2v) is 5.75.